The number of benzene rings is 1. The van der Waals surface area contributed by atoms with Crippen LogP contribution < -0.4 is 15.4 Å². The molecule has 0 spiro atoms. The second-order valence-electron chi connectivity index (χ2n) is 6.18. The summed E-state index contributed by atoms with van der Waals surface area (Å²) in [6.07, 6.45) is 1.42. The minimum absolute atomic E-state index is 0.0213. The Bertz CT molecular complexity index is 966. The van der Waals surface area contributed by atoms with Gasteiger partial charge in [0.25, 0.3) is 0 Å². The van der Waals surface area contributed by atoms with Gasteiger partial charge >= 0.3 is 17.7 Å². The van der Waals surface area contributed by atoms with Crippen LogP contribution in [0, 0.1) is 17.0 Å². The van der Waals surface area contributed by atoms with Crippen LogP contribution in [-0.4, -0.2) is 30.1 Å². The first kappa shape index (κ1) is 19.9. The van der Waals surface area contributed by atoms with Crippen molar-refractivity contribution in [2.45, 2.75) is 19.9 Å². The molecule has 1 aliphatic heterocycles. The number of ether oxygens (including phenoxy) is 2. The third-order valence-corrected chi connectivity index (χ3v) is 4.16. The molecule has 1 aromatic heterocycles. The van der Waals surface area contributed by atoms with E-state index < -0.39 is 23.0 Å². The number of nitro groups is 1. The van der Waals surface area contributed by atoms with Crippen molar-refractivity contribution in [3.8, 4) is 5.75 Å². The number of nitro benzene ring substituents is 1. The van der Waals surface area contributed by atoms with Crippen molar-refractivity contribution in [3.05, 3.63) is 69.3 Å². The smallest absolute Gasteiger partial charge is 0.338 e. The molecule has 2 N–H and O–H groups in total. The van der Waals surface area contributed by atoms with Crippen LogP contribution in [-0.2, 0) is 9.53 Å². The van der Waals surface area contributed by atoms with E-state index in [9.17, 15) is 19.7 Å². The summed E-state index contributed by atoms with van der Waals surface area (Å²) in [6.45, 7) is 3.25. The number of aryl methyl sites for hydroxylation is 1. The Morgan fingerprint density at radius 2 is 2.14 bits per heavy atom. The summed E-state index contributed by atoms with van der Waals surface area (Å²) in [7, 11) is 0. The molecule has 0 saturated carbocycles. The lowest BCUT2D eigenvalue weighted by Gasteiger charge is -2.27. The number of carbonyl (C=O) groups excluding carboxylic acids is 2. The van der Waals surface area contributed by atoms with Crippen LogP contribution in [0.2, 0.25) is 0 Å². The van der Waals surface area contributed by atoms with Gasteiger partial charge in [-0.3, -0.25) is 10.1 Å². The second kappa shape index (κ2) is 8.46. The molecule has 0 aliphatic carbocycles. The monoisotopic (exact) mass is 401 g/mol. The predicted molar refractivity (Wildman–Crippen MR) is 100 cm³/mol. The highest BCUT2D eigenvalue weighted by atomic mass is 16.6. The van der Waals surface area contributed by atoms with E-state index in [4.69, 9.17) is 13.9 Å². The highest BCUT2D eigenvalue weighted by molar-refractivity contribution is 5.95. The van der Waals surface area contributed by atoms with Gasteiger partial charge in [-0.2, -0.15) is 0 Å². The van der Waals surface area contributed by atoms with Gasteiger partial charge in [0.1, 0.15) is 18.4 Å². The lowest BCUT2D eigenvalue weighted by molar-refractivity contribution is -0.385. The van der Waals surface area contributed by atoms with Gasteiger partial charge in [-0.05, 0) is 37.6 Å². The molecule has 1 atom stereocenters. The summed E-state index contributed by atoms with van der Waals surface area (Å²) in [4.78, 5) is 35.4. The normalized spacial score (nSPS) is 16.1. The van der Waals surface area contributed by atoms with Crippen molar-refractivity contribution in [2.24, 2.45) is 0 Å². The summed E-state index contributed by atoms with van der Waals surface area (Å²) in [5.41, 5.74) is 0.755. The number of esters is 1. The standard InChI is InChI=1S/C19H19N3O7/c1-3-27-18(23)16-12(20-19(24)21-17(16)14-5-4-8-28-14)10-29-15-9-11(2)6-7-13(15)22(25)26/h4-9,17H,3,10H2,1-2H3,(H2,20,21,24). The minimum atomic E-state index is -0.885. The number of furan rings is 1. The van der Waals surface area contributed by atoms with Crippen LogP contribution in [0.5, 0.6) is 5.75 Å². The van der Waals surface area contributed by atoms with Gasteiger partial charge in [0.15, 0.2) is 5.75 Å². The van der Waals surface area contributed by atoms with Crippen LogP contribution in [0.4, 0.5) is 10.5 Å². The second-order valence-corrected chi connectivity index (χ2v) is 6.18. The largest absolute Gasteiger partial charge is 0.480 e. The number of rotatable bonds is 7. The van der Waals surface area contributed by atoms with E-state index in [-0.39, 0.29) is 35.9 Å². The van der Waals surface area contributed by atoms with Gasteiger partial charge in [0.05, 0.1) is 29.1 Å². The summed E-state index contributed by atoms with van der Waals surface area (Å²) in [6, 6.07) is 6.21. The number of hydrogen-bond acceptors (Lipinski definition) is 7. The minimum Gasteiger partial charge on any atom is -0.480 e. The van der Waals surface area contributed by atoms with Gasteiger partial charge in [0, 0.05) is 6.07 Å². The molecule has 10 nitrogen and oxygen atoms in total. The Morgan fingerprint density at radius 1 is 1.34 bits per heavy atom. The SMILES string of the molecule is CCOC(=O)C1=C(COc2cc(C)ccc2[N+](=O)[O-])NC(=O)NC1c1ccco1. The maximum atomic E-state index is 12.6. The van der Waals surface area contributed by atoms with Gasteiger partial charge in [-0.1, -0.05) is 6.07 Å². The molecule has 0 saturated heterocycles. The average Bonchev–Trinajstić information content (AvgIpc) is 3.20. The van der Waals surface area contributed by atoms with E-state index in [1.165, 1.54) is 18.4 Å². The Labute approximate surface area is 165 Å². The van der Waals surface area contributed by atoms with E-state index >= 15 is 0 Å². The van der Waals surface area contributed by atoms with Gasteiger partial charge in [0.2, 0.25) is 0 Å². The van der Waals surface area contributed by atoms with E-state index in [1.807, 2.05) is 0 Å². The molecule has 10 heteroatoms. The molecule has 2 heterocycles. The first-order valence-corrected chi connectivity index (χ1v) is 8.79. The van der Waals surface area contributed by atoms with Crippen molar-refractivity contribution in [1.82, 2.24) is 10.6 Å². The number of amides is 2. The Hall–Kier alpha value is -3.82. The molecular formula is C19H19N3O7. The van der Waals surface area contributed by atoms with Crippen LogP contribution in [0.25, 0.3) is 0 Å². The molecule has 1 aliphatic rings. The zero-order valence-electron chi connectivity index (χ0n) is 15.8. The topological polar surface area (TPSA) is 133 Å². The number of nitrogens with one attached hydrogen (secondary N) is 2. The highest BCUT2D eigenvalue weighted by Crippen LogP contribution is 2.31. The quantitative estimate of drug-likeness (QED) is 0.414. The van der Waals surface area contributed by atoms with Gasteiger partial charge in [-0.25, -0.2) is 9.59 Å². The Kier molecular flexibility index (Phi) is 5.82. The van der Waals surface area contributed by atoms with Crippen LogP contribution in [0.3, 0.4) is 0 Å². The van der Waals surface area contributed by atoms with E-state index in [0.29, 0.717) is 5.76 Å². The Balaban J connectivity index is 1.98. The molecular weight excluding hydrogens is 382 g/mol. The fraction of sp³-hybridized carbons (Fsp3) is 0.263. The summed E-state index contributed by atoms with van der Waals surface area (Å²) in [5, 5.41) is 16.4. The lowest BCUT2D eigenvalue weighted by atomic mass is 10.0. The molecule has 152 valence electrons. The van der Waals surface area contributed by atoms with Crippen molar-refractivity contribution in [3.63, 3.8) is 0 Å². The lowest BCUT2D eigenvalue weighted by Crippen LogP contribution is -2.47. The number of urea groups is 1. The first-order chi connectivity index (χ1) is 13.9. The van der Waals surface area contributed by atoms with Gasteiger partial charge in [-0.15, -0.1) is 0 Å². The van der Waals surface area contributed by atoms with Crippen LogP contribution >= 0.6 is 0 Å². The van der Waals surface area contributed by atoms with Crippen molar-refractivity contribution in [2.75, 3.05) is 13.2 Å². The molecule has 0 radical (unpaired) electrons. The third kappa shape index (κ3) is 4.37. The number of nitrogens with zero attached hydrogens (tertiary/aromatic N) is 1. The maximum Gasteiger partial charge on any atom is 0.338 e. The van der Waals surface area contributed by atoms with Crippen molar-refractivity contribution >= 4 is 17.7 Å². The fourth-order valence-electron chi connectivity index (χ4n) is 2.89. The molecule has 1 unspecified atom stereocenters. The average molecular weight is 401 g/mol. The molecule has 3 rings (SSSR count). The number of hydrogen-bond donors (Lipinski definition) is 2. The summed E-state index contributed by atoms with van der Waals surface area (Å²) in [5.74, 6) is -0.311. The Morgan fingerprint density at radius 3 is 2.79 bits per heavy atom. The molecule has 29 heavy (non-hydrogen) atoms. The summed E-state index contributed by atoms with van der Waals surface area (Å²) >= 11 is 0. The zero-order valence-corrected chi connectivity index (χ0v) is 15.8. The van der Waals surface area contributed by atoms with Crippen molar-refractivity contribution in [1.29, 1.82) is 0 Å². The third-order valence-electron chi connectivity index (χ3n) is 4.16. The molecule has 1 aromatic carbocycles. The van der Waals surface area contributed by atoms with Gasteiger partial charge < -0.3 is 24.5 Å². The number of carbonyl (C=O) groups is 2. The van der Waals surface area contributed by atoms with Crippen molar-refractivity contribution < 1.29 is 28.4 Å². The van der Waals surface area contributed by atoms with Crippen LogP contribution in [0.1, 0.15) is 24.3 Å². The van der Waals surface area contributed by atoms with Crippen LogP contribution in [0.15, 0.2) is 52.3 Å². The van der Waals surface area contributed by atoms with E-state index in [2.05, 4.69) is 10.6 Å². The zero-order chi connectivity index (χ0) is 21.0. The fourth-order valence-corrected chi connectivity index (χ4v) is 2.89. The van der Waals surface area contributed by atoms with E-state index in [1.54, 1.807) is 32.0 Å². The highest BCUT2D eigenvalue weighted by Gasteiger charge is 2.35. The maximum absolute atomic E-state index is 12.6. The molecule has 2 aromatic rings. The molecule has 0 bridgehead atoms. The molecule has 0 fully saturated rings. The first-order valence-electron chi connectivity index (χ1n) is 8.79. The predicted octanol–water partition coefficient (Wildman–Crippen LogP) is 2.75. The molecule has 2 amide bonds. The summed E-state index contributed by atoms with van der Waals surface area (Å²) < 4.78 is 16.1. The van der Waals surface area contributed by atoms with E-state index in [0.717, 1.165) is 5.56 Å².